The van der Waals surface area contributed by atoms with Gasteiger partial charge in [0.1, 0.15) is 5.60 Å². The molecule has 5 nitrogen and oxygen atoms in total. The summed E-state index contributed by atoms with van der Waals surface area (Å²) in [6.07, 6.45) is 2.75. The first-order valence-corrected chi connectivity index (χ1v) is 8.86. The smallest absolute Gasteiger partial charge is 0.410 e. The van der Waals surface area contributed by atoms with Gasteiger partial charge in [0, 0.05) is 32.3 Å². The second kappa shape index (κ2) is 8.34. The highest BCUT2D eigenvalue weighted by molar-refractivity contribution is 5.68. The Bertz CT molecular complexity index is 377. The Hall–Kier alpha value is -0.810. The van der Waals surface area contributed by atoms with Crippen molar-refractivity contribution in [2.45, 2.75) is 72.4 Å². The van der Waals surface area contributed by atoms with Crippen LogP contribution >= 0.6 is 0 Å². The molecule has 136 valence electrons. The van der Waals surface area contributed by atoms with Crippen LogP contribution in [0.5, 0.6) is 0 Å². The van der Waals surface area contributed by atoms with Crippen LogP contribution in [-0.4, -0.2) is 54.0 Å². The number of nitrogens with one attached hydrogen (secondary N) is 1. The maximum Gasteiger partial charge on any atom is 0.410 e. The molecule has 0 bridgehead atoms. The molecule has 0 aromatic carbocycles. The first-order valence-electron chi connectivity index (χ1n) is 8.86. The highest BCUT2D eigenvalue weighted by atomic mass is 16.6. The number of aliphatic hydroxyl groups excluding tert-OH is 1. The fourth-order valence-electron chi connectivity index (χ4n) is 2.91. The highest BCUT2D eigenvalue weighted by Crippen LogP contribution is 2.23. The van der Waals surface area contributed by atoms with E-state index in [0.717, 1.165) is 38.9 Å². The standard InChI is InChI=1S/C18H36N2O3/c1-14(19-13-18(5,6)9-11-21)15-8-7-10-20(12-15)16(22)23-17(2,3)4/h14-15,19,21H,7-13H2,1-6H3. The normalized spacial score (nSPS) is 21.2. The van der Waals surface area contributed by atoms with Crippen molar-refractivity contribution in [3.05, 3.63) is 0 Å². The minimum Gasteiger partial charge on any atom is -0.444 e. The molecule has 0 aromatic heterocycles. The van der Waals surface area contributed by atoms with Gasteiger partial charge in [0.25, 0.3) is 0 Å². The maximum atomic E-state index is 12.2. The SMILES string of the molecule is CC(NCC(C)(C)CCO)C1CCCN(C(=O)OC(C)(C)C)C1. The summed E-state index contributed by atoms with van der Waals surface area (Å²) in [7, 11) is 0. The van der Waals surface area contributed by atoms with Crippen LogP contribution < -0.4 is 5.32 Å². The van der Waals surface area contributed by atoms with Crippen LogP contribution in [0.2, 0.25) is 0 Å². The molecule has 0 aliphatic carbocycles. The van der Waals surface area contributed by atoms with Crippen molar-refractivity contribution in [3.63, 3.8) is 0 Å². The van der Waals surface area contributed by atoms with Crippen LogP contribution in [0, 0.1) is 11.3 Å². The molecular weight excluding hydrogens is 292 g/mol. The number of hydrogen-bond acceptors (Lipinski definition) is 4. The van der Waals surface area contributed by atoms with Crippen molar-refractivity contribution < 1.29 is 14.6 Å². The van der Waals surface area contributed by atoms with Gasteiger partial charge in [-0.1, -0.05) is 13.8 Å². The maximum absolute atomic E-state index is 12.2. The van der Waals surface area contributed by atoms with Gasteiger partial charge in [-0.05, 0) is 58.3 Å². The number of nitrogens with zero attached hydrogens (tertiary/aromatic N) is 1. The van der Waals surface area contributed by atoms with Gasteiger partial charge in [0.15, 0.2) is 0 Å². The summed E-state index contributed by atoms with van der Waals surface area (Å²) in [5, 5.41) is 12.7. The number of hydrogen-bond donors (Lipinski definition) is 2. The lowest BCUT2D eigenvalue weighted by molar-refractivity contribution is 0.0145. The Labute approximate surface area is 141 Å². The van der Waals surface area contributed by atoms with Crippen LogP contribution in [-0.2, 0) is 4.74 Å². The second-order valence-corrected chi connectivity index (χ2v) is 8.64. The average molecular weight is 328 g/mol. The lowest BCUT2D eigenvalue weighted by Gasteiger charge is -2.37. The van der Waals surface area contributed by atoms with Crippen LogP contribution in [0.4, 0.5) is 4.79 Å². The van der Waals surface area contributed by atoms with E-state index in [-0.39, 0.29) is 18.1 Å². The summed E-state index contributed by atoms with van der Waals surface area (Å²) in [5.74, 6) is 0.446. The van der Waals surface area contributed by atoms with Crippen molar-refractivity contribution in [1.82, 2.24) is 10.2 Å². The Kier molecular flexibility index (Phi) is 7.33. The van der Waals surface area contributed by atoms with E-state index in [1.807, 2.05) is 25.7 Å². The third-order valence-corrected chi connectivity index (χ3v) is 4.51. The molecule has 2 N–H and O–H groups in total. The molecule has 1 heterocycles. The molecule has 0 saturated carbocycles. The van der Waals surface area contributed by atoms with Crippen LogP contribution in [0.25, 0.3) is 0 Å². The van der Waals surface area contributed by atoms with Gasteiger partial charge in [-0.15, -0.1) is 0 Å². The summed E-state index contributed by atoms with van der Waals surface area (Å²) >= 11 is 0. The summed E-state index contributed by atoms with van der Waals surface area (Å²) in [4.78, 5) is 14.1. The van der Waals surface area contributed by atoms with E-state index >= 15 is 0 Å². The van der Waals surface area contributed by atoms with E-state index in [1.54, 1.807) is 0 Å². The van der Waals surface area contributed by atoms with E-state index < -0.39 is 5.60 Å². The van der Waals surface area contributed by atoms with Crippen molar-refractivity contribution >= 4 is 6.09 Å². The van der Waals surface area contributed by atoms with E-state index in [2.05, 4.69) is 26.1 Å². The molecular formula is C18H36N2O3. The molecule has 5 heteroatoms. The third-order valence-electron chi connectivity index (χ3n) is 4.51. The Morgan fingerprint density at radius 2 is 2.00 bits per heavy atom. The minimum atomic E-state index is -0.442. The number of carbonyl (C=O) groups is 1. The summed E-state index contributed by atoms with van der Waals surface area (Å²) < 4.78 is 5.49. The quantitative estimate of drug-likeness (QED) is 0.787. The second-order valence-electron chi connectivity index (χ2n) is 8.64. The molecule has 1 rings (SSSR count). The minimum absolute atomic E-state index is 0.0858. The monoisotopic (exact) mass is 328 g/mol. The fourth-order valence-corrected chi connectivity index (χ4v) is 2.91. The Morgan fingerprint density at radius 1 is 1.35 bits per heavy atom. The van der Waals surface area contributed by atoms with Crippen molar-refractivity contribution in [2.24, 2.45) is 11.3 Å². The van der Waals surface area contributed by atoms with Crippen LogP contribution in [0.15, 0.2) is 0 Å². The topological polar surface area (TPSA) is 61.8 Å². The van der Waals surface area contributed by atoms with Crippen molar-refractivity contribution in [1.29, 1.82) is 0 Å². The molecule has 23 heavy (non-hydrogen) atoms. The van der Waals surface area contributed by atoms with E-state index in [0.29, 0.717) is 12.0 Å². The first-order chi connectivity index (χ1) is 10.5. The zero-order valence-corrected chi connectivity index (χ0v) is 15.8. The van der Waals surface area contributed by atoms with Gasteiger partial charge >= 0.3 is 6.09 Å². The highest BCUT2D eigenvalue weighted by Gasteiger charge is 2.30. The Morgan fingerprint density at radius 3 is 2.57 bits per heavy atom. The van der Waals surface area contributed by atoms with Gasteiger partial charge in [-0.25, -0.2) is 4.79 Å². The number of likely N-dealkylation sites (tertiary alicyclic amines) is 1. The molecule has 0 radical (unpaired) electrons. The largest absolute Gasteiger partial charge is 0.444 e. The van der Waals surface area contributed by atoms with E-state index in [1.165, 1.54) is 0 Å². The molecule has 2 atom stereocenters. The predicted molar refractivity (Wildman–Crippen MR) is 93.5 cm³/mol. The van der Waals surface area contributed by atoms with Crippen molar-refractivity contribution in [2.75, 3.05) is 26.2 Å². The number of ether oxygens (including phenoxy) is 1. The lowest BCUT2D eigenvalue weighted by Crippen LogP contribution is -2.49. The van der Waals surface area contributed by atoms with Crippen molar-refractivity contribution in [3.8, 4) is 0 Å². The molecule has 2 unspecified atom stereocenters. The summed E-state index contributed by atoms with van der Waals surface area (Å²) in [6.45, 7) is 14.9. The van der Waals surface area contributed by atoms with Gasteiger partial charge in [-0.2, -0.15) is 0 Å². The predicted octanol–water partition coefficient (Wildman–Crippen LogP) is 3.02. The number of carbonyl (C=O) groups excluding carboxylic acids is 1. The zero-order valence-electron chi connectivity index (χ0n) is 15.8. The number of amides is 1. The molecule has 0 aromatic rings. The van der Waals surface area contributed by atoms with Crippen LogP contribution in [0.1, 0.15) is 60.8 Å². The van der Waals surface area contributed by atoms with Gasteiger partial charge in [0.05, 0.1) is 0 Å². The summed E-state index contributed by atoms with van der Waals surface area (Å²) in [6, 6.07) is 0.346. The molecule has 1 saturated heterocycles. The van der Waals surface area contributed by atoms with E-state index in [9.17, 15) is 4.79 Å². The van der Waals surface area contributed by atoms with E-state index in [4.69, 9.17) is 9.84 Å². The zero-order chi connectivity index (χ0) is 17.7. The molecule has 1 aliphatic heterocycles. The number of piperidine rings is 1. The first kappa shape index (κ1) is 20.2. The Balaban J connectivity index is 2.49. The molecule has 1 amide bonds. The molecule has 0 spiro atoms. The number of aliphatic hydroxyl groups is 1. The fraction of sp³-hybridized carbons (Fsp3) is 0.944. The van der Waals surface area contributed by atoms with Gasteiger partial charge in [0.2, 0.25) is 0 Å². The van der Waals surface area contributed by atoms with Crippen LogP contribution in [0.3, 0.4) is 0 Å². The lowest BCUT2D eigenvalue weighted by atomic mass is 9.87. The number of rotatable bonds is 6. The van der Waals surface area contributed by atoms with Gasteiger partial charge in [-0.3, -0.25) is 0 Å². The molecule has 1 aliphatic rings. The molecule has 1 fully saturated rings. The summed E-state index contributed by atoms with van der Waals surface area (Å²) in [5.41, 5.74) is -0.356. The van der Waals surface area contributed by atoms with Gasteiger partial charge < -0.3 is 20.1 Å². The average Bonchev–Trinajstić information content (AvgIpc) is 2.43. The third kappa shape index (κ3) is 7.53.